The lowest BCUT2D eigenvalue weighted by atomic mass is 10.1. The molecule has 0 unspecified atom stereocenters. The van der Waals surface area contributed by atoms with Crippen molar-refractivity contribution in [2.75, 3.05) is 0 Å². The summed E-state index contributed by atoms with van der Waals surface area (Å²) in [6.07, 6.45) is 13.3. The zero-order valence-corrected chi connectivity index (χ0v) is 12.7. The number of nitrogens with two attached hydrogens (primary N) is 1. The minimum atomic E-state index is 0.473. The average Bonchev–Trinajstić information content (AvgIpc) is 2.78. The Morgan fingerprint density at radius 2 is 1.37 bits per heavy atom. The number of rotatable bonds is 11. The van der Waals surface area contributed by atoms with Crippen LogP contribution in [0.1, 0.15) is 76.4 Å². The first-order valence-electron chi connectivity index (χ1n) is 7.86. The van der Waals surface area contributed by atoms with E-state index in [1.807, 2.05) is 11.6 Å². The average molecular weight is 266 g/mol. The zero-order chi connectivity index (χ0) is 13.9. The largest absolute Gasteiger partial charge is 0.324 e. The van der Waals surface area contributed by atoms with Gasteiger partial charge < -0.3 is 10.3 Å². The fourth-order valence-corrected chi connectivity index (χ4v) is 2.39. The normalized spacial score (nSPS) is 11.1. The summed E-state index contributed by atoms with van der Waals surface area (Å²) in [5, 5.41) is 8.27. The minimum Gasteiger partial charge on any atom is -0.324 e. The molecule has 4 nitrogen and oxygen atoms in total. The summed E-state index contributed by atoms with van der Waals surface area (Å²) in [6, 6.07) is 0. The highest BCUT2D eigenvalue weighted by Crippen LogP contribution is 2.11. The van der Waals surface area contributed by atoms with Gasteiger partial charge in [0.15, 0.2) is 0 Å². The van der Waals surface area contributed by atoms with Gasteiger partial charge in [0.2, 0.25) is 0 Å². The SMILES string of the molecule is CCCCCCCCCCCc1nnc(CN)n1C. The minimum absolute atomic E-state index is 0.473. The Balaban J connectivity index is 2.00. The molecule has 4 heteroatoms. The molecule has 0 radical (unpaired) electrons. The summed E-state index contributed by atoms with van der Waals surface area (Å²) < 4.78 is 2.03. The molecule has 2 N–H and O–H groups in total. The molecule has 0 aliphatic carbocycles. The molecule has 0 bridgehead atoms. The molecule has 1 rings (SSSR count). The quantitative estimate of drug-likeness (QED) is 0.625. The van der Waals surface area contributed by atoms with Gasteiger partial charge in [0, 0.05) is 13.5 Å². The summed E-state index contributed by atoms with van der Waals surface area (Å²) in [5.41, 5.74) is 5.58. The maximum atomic E-state index is 5.58. The van der Waals surface area contributed by atoms with Crippen LogP contribution in [0, 0.1) is 0 Å². The second kappa shape index (κ2) is 9.96. The van der Waals surface area contributed by atoms with Gasteiger partial charge in [-0.25, -0.2) is 0 Å². The first-order chi connectivity index (χ1) is 9.29. The van der Waals surface area contributed by atoms with E-state index in [0.717, 1.165) is 18.1 Å². The van der Waals surface area contributed by atoms with E-state index in [4.69, 9.17) is 5.73 Å². The van der Waals surface area contributed by atoms with E-state index in [0.29, 0.717) is 6.54 Å². The van der Waals surface area contributed by atoms with Gasteiger partial charge in [0.25, 0.3) is 0 Å². The van der Waals surface area contributed by atoms with Gasteiger partial charge in [-0.15, -0.1) is 10.2 Å². The summed E-state index contributed by atoms with van der Waals surface area (Å²) >= 11 is 0. The predicted octanol–water partition coefficient (Wildman–Crippen LogP) is 3.35. The van der Waals surface area contributed by atoms with Crippen LogP contribution in [0.4, 0.5) is 0 Å². The van der Waals surface area contributed by atoms with Crippen LogP contribution in [0.25, 0.3) is 0 Å². The Morgan fingerprint density at radius 3 is 1.89 bits per heavy atom. The number of hydrogen-bond acceptors (Lipinski definition) is 3. The molecule has 110 valence electrons. The van der Waals surface area contributed by atoms with E-state index < -0.39 is 0 Å². The van der Waals surface area contributed by atoms with Gasteiger partial charge in [-0.2, -0.15) is 0 Å². The molecule has 19 heavy (non-hydrogen) atoms. The van der Waals surface area contributed by atoms with Crippen molar-refractivity contribution in [3.8, 4) is 0 Å². The third-order valence-electron chi connectivity index (χ3n) is 3.74. The van der Waals surface area contributed by atoms with Crippen LogP contribution in [0.3, 0.4) is 0 Å². The van der Waals surface area contributed by atoms with Crippen molar-refractivity contribution in [2.24, 2.45) is 12.8 Å². The van der Waals surface area contributed by atoms with Crippen molar-refractivity contribution in [3.63, 3.8) is 0 Å². The summed E-state index contributed by atoms with van der Waals surface area (Å²) in [6.45, 7) is 2.74. The molecule has 0 fully saturated rings. The number of hydrogen-bond donors (Lipinski definition) is 1. The van der Waals surface area contributed by atoms with E-state index in [1.165, 1.54) is 57.8 Å². The van der Waals surface area contributed by atoms with E-state index >= 15 is 0 Å². The molecular weight excluding hydrogens is 236 g/mol. The molecule has 1 heterocycles. The Kier molecular flexibility index (Phi) is 8.47. The molecule has 1 aromatic rings. The molecule has 0 aliphatic rings. The molecular formula is C15H30N4. The van der Waals surface area contributed by atoms with Crippen LogP contribution in [-0.4, -0.2) is 14.8 Å². The Bertz CT molecular complexity index is 333. The highest BCUT2D eigenvalue weighted by Gasteiger charge is 2.06. The number of aryl methyl sites for hydroxylation is 1. The lowest BCUT2D eigenvalue weighted by Crippen LogP contribution is -2.07. The monoisotopic (exact) mass is 266 g/mol. The Morgan fingerprint density at radius 1 is 0.842 bits per heavy atom. The lowest BCUT2D eigenvalue weighted by Gasteiger charge is -2.03. The van der Waals surface area contributed by atoms with Gasteiger partial charge in [-0.05, 0) is 6.42 Å². The fraction of sp³-hybridized carbons (Fsp3) is 0.867. The molecule has 0 saturated heterocycles. The van der Waals surface area contributed by atoms with Crippen LogP contribution in [0.15, 0.2) is 0 Å². The number of nitrogens with zero attached hydrogens (tertiary/aromatic N) is 3. The molecule has 0 aliphatic heterocycles. The van der Waals surface area contributed by atoms with Gasteiger partial charge in [-0.3, -0.25) is 0 Å². The van der Waals surface area contributed by atoms with Gasteiger partial charge in [0.1, 0.15) is 11.6 Å². The fourth-order valence-electron chi connectivity index (χ4n) is 2.39. The van der Waals surface area contributed by atoms with Crippen LogP contribution in [0.5, 0.6) is 0 Å². The smallest absolute Gasteiger partial charge is 0.146 e. The number of unbranched alkanes of at least 4 members (excludes halogenated alkanes) is 8. The highest BCUT2D eigenvalue weighted by molar-refractivity contribution is 4.94. The summed E-state index contributed by atoms with van der Waals surface area (Å²) in [4.78, 5) is 0. The highest BCUT2D eigenvalue weighted by atomic mass is 15.3. The molecule has 0 amide bonds. The van der Waals surface area contributed by atoms with Crippen LogP contribution in [-0.2, 0) is 20.0 Å². The standard InChI is InChI=1S/C15H30N4/c1-3-4-5-6-7-8-9-10-11-12-14-17-18-15(13-16)19(14)2/h3-13,16H2,1-2H3. The van der Waals surface area contributed by atoms with E-state index in [-0.39, 0.29) is 0 Å². The first kappa shape index (κ1) is 16.2. The van der Waals surface area contributed by atoms with Crippen LogP contribution < -0.4 is 5.73 Å². The second-order valence-corrected chi connectivity index (χ2v) is 5.37. The topological polar surface area (TPSA) is 56.7 Å². The van der Waals surface area contributed by atoms with Crippen molar-refractivity contribution in [2.45, 2.75) is 77.7 Å². The predicted molar refractivity (Wildman–Crippen MR) is 79.8 cm³/mol. The molecule has 0 saturated carbocycles. The number of aromatic nitrogens is 3. The van der Waals surface area contributed by atoms with Gasteiger partial charge >= 0.3 is 0 Å². The lowest BCUT2D eigenvalue weighted by molar-refractivity contribution is 0.559. The molecule has 1 aromatic heterocycles. The van der Waals surface area contributed by atoms with E-state index in [1.54, 1.807) is 0 Å². The maximum Gasteiger partial charge on any atom is 0.146 e. The van der Waals surface area contributed by atoms with Crippen molar-refractivity contribution in [1.82, 2.24) is 14.8 Å². The third kappa shape index (κ3) is 6.19. The maximum absolute atomic E-state index is 5.58. The van der Waals surface area contributed by atoms with Crippen molar-refractivity contribution >= 4 is 0 Å². The first-order valence-corrected chi connectivity index (χ1v) is 7.86. The molecule has 0 aromatic carbocycles. The Hall–Kier alpha value is -0.900. The Labute approximate surface area is 117 Å². The van der Waals surface area contributed by atoms with Crippen LogP contribution in [0.2, 0.25) is 0 Å². The third-order valence-corrected chi connectivity index (χ3v) is 3.74. The van der Waals surface area contributed by atoms with Gasteiger partial charge in [0.05, 0.1) is 6.54 Å². The van der Waals surface area contributed by atoms with E-state index in [2.05, 4.69) is 17.1 Å². The molecule has 0 spiro atoms. The van der Waals surface area contributed by atoms with Gasteiger partial charge in [-0.1, -0.05) is 58.3 Å². The molecule has 0 atom stereocenters. The van der Waals surface area contributed by atoms with Crippen molar-refractivity contribution in [3.05, 3.63) is 11.6 Å². The summed E-state index contributed by atoms with van der Waals surface area (Å²) in [7, 11) is 2.01. The summed E-state index contributed by atoms with van der Waals surface area (Å²) in [5.74, 6) is 1.95. The van der Waals surface area contributed by atoms with E-state index in [9.17, 15) is 0 Å². The van der Waals surface area contributed by atoms with Crippen LogP contribution >= 0.6 is 0 Å². The van der Waals surface area contributed by atoms with Crippen molar-refractivity contribution < 1.29 is 0 Å². The second-order valence-electron chi connectivity index (χ2n) is 5.37. The zero-order valence-electron chi connectivity index (χ0n) is 12.7. The van der Waals surface area contributed by atoms with Crippen molar-refractivity contribution in [1.29, 1.82) is 0 Å².